The minimum atomic E-state index is -3.95. The fourth-order valence-corrected chi connectivity index (χ4v) is 1.02. The van der Waals surface area contributed by atoms with Gasteiger partial charge in [-0.05, 0) is 13.1 Å². The Labute approximate surface area is 150 Å². The van der Waals surface area contributed by atoms with E-state index in [0.717, 1.165) is 0 Å². The number of hydrogen-bond donors (Lipinski definition) is 4. The second-order valence-electron chi connectivity index (χ2n) is 2.36. The molecule has 0 amide bonds. The molecular weight excluding hydrogens is 314 g/mol. The second kappa shape index (κ2) is 15.1. The van der Waals surface area contributed by atoms with Crippen molar-refractivity contribution in [3.8, 4) is 0 Å². The van der Waals surface area contributed by atoms with Gasteiger partial charge in [0, 0.05) is 0 Å². The number of hydrogen-bond acceptors (Lipinski definition) is 8. The molecule has 0 saturated carbocycles. The van der Waals surface area contributed by atoms with Gasteiger partial charge in [-0.3, -0.25) is 9.11 Å². The van der Waals surface area contributed by atoms with Crippen molar-refractivity contribution < 1.29 is 85.1 Å². The van der Waals surface area contributed by atoms with Crippen LogP contribution in [-0.4, -0.2) is 50.5 Å². The molecule has 0 rings (SSSR count). The average Bonchev–Trinajstić information content (AvgIpc) is 2.10. The van der Waals surface area contributed by atoms with Crippen LogP contribution in [0.5, 0.6) is 0 Å². The van der Waals surface area contributed by atoms with Crippen molar-refractivity contribution in [3.05, 3.63) is 10.4 Å². The first-order valence-electron chi connectivity index (χ1n) is 3.72. The van der Waals surface area contributed by atoms with Gasteiger partial charge in [0.1, 0.15) is 0 Å². The topological polar surface area (TPSA) is 179 Å². The third-order valence-corrected chi connectivity index (χ3v) is 2.36. The molecule has 0 aromatic carbocycles. The Balaban J connectivity index is -0.0000000980. The normalized spacial score (nSPS) is 10.4. The van der Waals surface area contributed by atoms with E-state index in [2.05, 4.69) is 0 Å². The molecule has 0 aromatic heterocycles. The van der Waals surface area contributed by atoms with Crippen LogP contribution in [0.25, 0.3) is 0 Å². The van der Waals surface area contributed by atoms with Crippen LogP contribution in [0.3, 0.4) is 0 Å². The zero-order valence-corrected chi connectivity index (χ0v) is 15.6. The van der Waals surface area contributed by atoms with Crippen LogP contribution < -0.4 is 70.1 Å². The molecule has 0 atom stereocenters. The zero-order valence-electron chi connectivity index (χ0n) is 9.99. The van der Waals surface area contributed by atoms with Gasteiger partial charge >= 0.3 is 59.1 Å². The van der Waals surface area contributed by atoms with Crippen LogP contribution in [0.15, 0.2) is 0 Å². The van der Waals surface area contributed by atoms with E-state index in [1.165, 1.54) is 11.0 Å². The molecule has 4 N–H and O–H groups in total. The minimum Gasteiger partial charge on any atom is -0.788 e. The summed E-state index contributed by atoms with van der Waals surface area (Å²) in [4.78, 5) is 0. The first kappa shape index (κ1) is 27.9. The van der Waals surface area contributed by atoms with E-state index in [1.807, 2.05) is 0 Å². The summed E-state index contributed by atoms with van der Waals surface area (Å²) in [6.07, 6.45) is 0. The van der Waals surface area contributed by atoms with Crippen molar-refractivity contribution in [1.82, 2.24) is 11.0 Å². The molecule has 18 heavy (non-hydrogen) atoms. The molecule has 10 nitrogen and oxygen atoms in total. The summed E-state index contributed by atoms with van der Waals surface area (Å²) in [7, 11) is -7.90. The Hall–Kier alpha value is 1.66. The summed E-state index contributed by atoms with van der Waals surface area (Å²) in [6.45, 7) is -0.530. The van der Waals surface area contributed by atoms with Gasteiger partial charge in [-0.15, -0.1) is 0 Å². The van der Waals surface area contributed by atoms with Crippen molar-refractivity contribution in [2.75, 3.05) is 24.6 Å². The van der Waals surface area contributed by atoms with E-state index in [9.17, 15) is 27.3 Å². The van der Waals surface area contributed by atoms with Crippen LogP contribution in [0.1, 0.15) is 0 Å². The molecule has 0 aromatic rings. The Kier molecular flexibility index (Phi) is 23.3. The molecule has 0 bridgehead atoms. The molecule has 0 heterocycles. The Morgan fingerprint density at radius 3 is 1.06 bits per heavy atom. The van der Waals surface area contributed by atoms with Gasteiger partial charge in [-0.2, -0.15) is 16.8 Å². The van der Waals surface area contributed by atoms with E-state index in [0.29, 0.717) is 0 Å². The quantitative estimate of drug-likeness (QED) is 0.208. The first-order valence-corrected chi connectivity index (χ1v) is 6.94. The van der Waals surface area contributed by atoms with Crippen molar-refractivity contribution in [3.63, 3.8) is 0 Å². The van der Waals surface area contributed by atoms with Crippen molar-refractivity contribution in [2.24, 2.45) is 0 Å². The first-order chi connectivity index (χ1) is 7.12. The zero-order chi connectivity index (χ0) is 13.2. The fourth-order valence-electron chi connectivity index (χ4n) is 0.341. The average molecular weight is 326 g/mol. The standard InChI is InChI=1S/2C2H6NO4S.2Na/c2*4-3-1-2-8(5,6)7;;/h2*3H,1-2H2,(H,5,6,7);;/q2*-1;2*+1. The van der Waals surface area contributed by atoms with Gasteiger partial charge in [0.15, 0.2) is 0 Å². The van der Waals surface area contributed by atoms with E-state index in [1.54, 1.807) is 0 Å². The van der Waals surface area contributed by atoms with Gasteiger partial charge in [0.25, 0.3) is 20.2 Å². The Morgan fingerprint density at radius 2 is 1.00 bits per heavy atom. The second-order valence-corrected chi connectivity index (χ2v) is 5.50. The minimum absolute atomic E-state index is 0. The Bertz CT molecular complexity index is 321. The molecule has 0 aliphatic carbocycles. The van der Waals surface area contributed by atoms with Crippen molar-refractivity contribution in [1.29, 1.82) is 0 Å². The maximum absolute atomic E-state index is 9.77. The monoisotopic (exact) mass is 326 g/mol. The molecule has 0 aliphatic heterocycles. The third-order valence-electron chi connectivity index (χ3n) is 0.924. The molecule has 0 aliphatic rings. The van der Waals surface area contributed by atoms with Crippen LogP contribution >= 0.6 is 0 Å². The van der Waals surface area contributed by atoms with Crippen molar-refractivity contribution >= 4 is 20.2 Å². The predicted octanol–water partition coefficient (Wildman–Crippen LogP) is -8.07. The molecule has 0 saturated heterocycles. The summed E-state index contributed by atoms with van der Waals surface area (Å²) in [5.74, 6) is -1.06. The van der Waals surface area contributed by atoms with Crippen LogP contribution in [0, 0.1) is 10.4 Å². The number of hydroxylamine groups is 2. The van der Waals surface area contributed by atoms with Gasteiger partial charge in [0.2, 0.25) is 0 Å². The predicted molar refractivity (Wildman–Crippen MR) is 55.6 cm³/mol. The maximum atomic E-state index is 9.77. The summed E-state index contributed by atoms with van der Waals surface area (Å²) in [5, 5.41) is 18.7. The smallest absolute Gasteiger partial charge is 0.788 e. The maximum Gasteiger partial charge on any atom is 1.00 e. The third kappa shape index (κ3) is 36.1. The summed E-state index contributed by atoms with van der Waals surface area (Å²) in [5.41, 5.74) is 2.67. The van der Waals surface area contributed by atoms with E-state index < -0.39 is 31.7 Å². The van der Waals surface area contributed by atoms with E-state index in [-0.39, 0.29) is 72.2 Å². The summed E-state index contributed by atoms with van der Waals surface area (Å²) in [6, 6.07) is 0. The van der Waals surface area contributed by atoms with Crippen molar-refractivity contribution in [2.45, 2.75) is 0 Å². The van der Waals surface area contributed by atoms with Gasteiger partial charge in [-0.25, -0.2) is 0 Å². The SMILES string of the molecule is O=S(=O)(O)CCN[O-].O=S(=O)(O)CCN[O-].[Na+].[Na+]. The van der Waals surface area contributed by atoms with Gasteiger partial charge in [0.05, 0.1) is 11.5 Å². The molecular formula is C4H12N2Na2O8S2. The Morgan fingerprint density at radius 1 is 0.778 bits per heavy atom. The molecule has 0 radical (unpaired) electrons. The van der Waals surface area contributed by atoms with E-state index in [4.69, 9.17) is 9.11 Å². The largest absolute Gasteiger partial charge is 1.00 e. The molecule has 100 valence electrons. The molecule has 0 unspecified atom stereocenters. The van der Waals surface area contributed by atoms with Crippen LogP contribution in [-0.2, 0) is 20.2 Å². The summed E-state index contributed by atoms with van der Waals surface area (Å²) < 4.78 is 55.0. The fraction of sp³-hybridized carbons (Fsp3) is 1.00. The van der Waals surface area contributed by atoms with Gasteiger partial charge in [-0.1, -0.05) is 0 Å². The van der Waals surface area contributed by atoms with Gasteiger partial charge < -0.3 is 21.4 Å². The summed E-state index contributed by atoms with van der Waals surface area (Å²) >= 11 is 0. The molecule has 0 fully saturated rings. The molecule has 0 spiro atoms. The molecule has 14 heteroatoms. The van der Waals surface area contributed by atoms with Crippen LogP contribution in [0.4, 0.5) is 0 Å². The number of rotatable bonds is 6. The van der Waals surface area contributed by atoms with E-state index >= 15 is 0 Å². The number of nitrogens with one attached hydrogen (secondary N) is 2. The van der Waals surface area contributed by atoms with Crippen LogP contribution in [0.2, 0.25) is 0 Å².